The molecule has 0 N–H and O–H groups in total. The van der Waals surface area contributed by atoms with Crippen LogP contribution in [-0.2, 0) is 11.3 Å². The van der Waals surface area contributed by atoms with Crippen molar-refractivity contribution in [3.8, 4) is 17.2 Å². The van der Waals surface area contributed by atoms with E-state index in [-0.39, 0.29) is 18.8 Å². The van der Waals surface area contributed by atoms with Crippen LogP contribution >= 0.6 is 0 Å². The molecule has 0 saturated heterocycles. The lowest BCUT2D eigenvalue weighted by Crippen LogP contribution is -2.31. The Bertz CT molecular complexity index is 914. The van der Waals surface area contributed by atoms with Crippen LogP contribution in [0.25, 0.3) is 11.5 Å². The van der Waals surface area contributed by atoms with Crippen LogP contribution in [0, 0.1) is 19.8 Å². The highest BCUT2D eigenvalue weighted by atomic mass is 16.6. The molecule has 174 valence electrons. The third kappa shape index (κ3) is 5.43. The molecule has 0 aromatic carbocycles. The van der Waals surface area contributed by atoms with Gasteiger partial charge >= 0.3 is 6.09 Å². The molecule has 0 spiro atoms. The van der Waals surface area contributed by atoms with Crippen LogP contribution in [0.5, 0.6) is 5.75 Å². The minimum absolute atomic E-state index is 0.111. The zero-order valence-electron chi connectivity index (χ0n) is 19.6. The summed E-state index contributed by atoms with van der Waals surface area (Å²) >= 11 is 0. The molecule has 2 aliphatic rings. The number of ether oxygens (including phenoxy) is 2. The quantitative estimate of drug-likeness (QED) is 0.538. The number of aromatic nitrogens is 2. The van der Waals surface area contributed by atoms with Crippen LogP contribution in [0.3, 0.4) is 0 Å². The van der Waals surface area contributed by atoms with Crippen LogP contribution < -0.4 is 4.74 Å². The molecule has 4 rings (SSSR count). The van der Waals surface area contributed by atoms with Crippen molar-refractivity contribution >= 4 is 6.09 Å². The Morgan fingerprint density at radius 3 is 2.50 bits per heavy atom. The fourth-order valence-corrected chi connectivity index (χ4v) is 4.82. The summed E-state index contributed by atoms with van der Waals surface area (Å²) in [7, 11) is 1.80. The molecule has 32 heavy (non-hydrogen) atoms. The predicted molar refractivity (Wildman–Crippen MR) is 121 cm³/mol. The Morgan fingerprint density at radius 2 is 1.78 bits per heavy atom. The number of hydrogen-bond donors (Lipinski definition) is 0. The molecular formula is C25H35N3O4. The van der Waals surface area contributed by atoms with E-state index in [4.69, 9.17) is 19.0 Å². The van der Waals surface area contributed by atoms with Gasteiger partial charge in [-0.25, -0.2) is 9.78 Å². The lowest BCUT2D eigenvalue weighted by Gasteiger charge is -2.23. The van der Waals surface area contributed by atoms with E-state index >= 15 is 0 Å². The van der Waals surface area contributed by atoms with E-state index in [0.29, 0.717) is 23.1 Å². The maximum absolute atomic E-state index is 12.5. The Kier molecular flexibility index (Phi) is 7.33. The maximum Gasteiger partial charge on any atom is 0.409 e. The van der Waals surface area contributed by atoms with Crippen molar-refractivity contribution in [2.45, 2.75) is 84.3 Å². The second-order valence-corrected chi connectivity index (χ2v) is 9.32. The second-order valence-electron chi connectivity index (χ2n) is 9.32. The summed E-state index contributed by atoms with van der Waals surface area (Å²) in [6.07, 6.45) is 10.8. The lowest BCUT2D eigenvalue weighted by atomic mass is 9.98. The normalized spacial score (nSPS) is 17.5. The number of hydrogen-bond acceptors (Lipinski definition) is 6. The van der Waals surface area contributed by atoms with E-state index in [9.17, 15) is 4.79 Å². The van der Waals surface area contributed by atoms with Gasteiger partial charge in [0.05, 0.1) is 23.1 Å². The number of rotatable bonds is 7. The molecule has 7 heteroatoms. The Morgan fingerprint density at radius 1 is 1.06 bits per heavy atom. The van der Waals surface area contributed by atoms with Crippen molar-refractivity contribution in [3.05, 3.63) is 29.1 Å². The Labute approximate surface area is 190 Å². The van der Waals surface area contributed by atoms with E-state index in [0.717, 1.165) is 36.4 Å². The molecule has 2 fully saturated rings. The van der Waals surface area contributed by atoms with E-state index in [1.54, 1.807) is 11.9 Å². The molecule has 1 amide bonds. The largest absolute Gasteiger partial charge is 0.489 e. The average molecular weight is 442 g/mol. The van der Waals surface area contributed by atoms with Crippen molar-refractivity contribution in [1.82, 2.24) is 15.0 Å². The van der Waals surface area contributed by atoms with Gasteiger partial charge in [-0.05, 0) is 70.4 Å². The van der Waals surface area contributed by atoms with Crippen molar-refractivity contribution in [1.29, 1.82) is 0 Å². The Hall–Kier alpha value is -2.57. The van der Waals surface area contributed by atoms with Gasteiger partial charge in [0.2, 0.25) is 0 Å². The standard InChI is InChI=1S/C25H35N3O4/c1-17-21(16-30-25(29)28(3)15-19-9-7-8-10-19)24(32-27-17)22-13-14-23(18(2)26-22)31-20-11-5-4-6-12-20/h13-14,19-20H,4-12,15-16H2,1-3H3. The van der Waals surface area contributed by atoms with Crippen LogP contribution in [0.1, 0.15) is 74.7 Å². The number of carbonyl (C=O) groups is 1. The molecule has 2 aromatic rings. The molecular weight excluding hydrogens is 406 g/mol. The average Bonchev–Trinajstić information content (AvgIpc) is 3.43. The predicted octanol–water partition coefficient (Wildman–Crippen LogP) is 5.82. The zero-order valence-corrected chi connectivity index (χ0v) is 19.6. The summed E-state index contributed by atoms with van der Waals surface area (Å²) in [5.74, 6) is 1.95. The first-order chi connectivity index (χ1) is 15.5. The fraction of sp³-hybridized carbons (Fsp3) is 0.640. The SMILES string of the molecule is Cc1nc(-c2onc(C)c2COC(=O)N(C)CC2CCCC2)ccc1OC1CCCCC1. The van der Waals surface area contributed by atoms with Gasteiger partial charge in [-0.1, -0.05) is 24.4 Å². The van der Waals surface area contributed by atoms with E-state index in [1.807, 2.05) is 26.0 Å². The van der Waals surface area contributed by atoms with Gasteiger partial charge < -0.3 is 18.9 Å². The van der Waals surface area contributed by atoms with Crippen molar-refractivity contribution in [2.24, 2.45) is 5.92 Å². The number of aryl methyl sites for hydroxylation is 2. The van der Waals surface area contributed by atoms with Gasteiger partial charge in [0, 0.05) is 13.6 Å². The number of carbonyl (C=O) groups excluding carboxylic acids is 1. The minimum Gasteiger partial charge on any atom is -0.489 e. The second kappa shape index (κ2) is 10.4. The molecule has 2 heterocycles. The third-order valence-electron chi connectivity index (χ3n) is 6.76. The molecule has 0 unspecified atom stereocenters. The molecule has 0 atom stereocenters. The van der Waals surface area contributed by atoms with Gasteiger partial charge in [-0.15, -0.1) is 0 Å². The first-order valence-corrected chi connectivity index (χ1v) is 12.0. The van der Waals surface area contributed by atoms with E-state index in [2.05, 4.69) is 5.16 Å². The van der Waals surface area contributed by atoms with Crippen molar-refractivity contribution in [2.75, 3.05) is 13.6 Å². The summed E-state index contributed by atoms with van der Waals surface area (Å²) in [5, 5.41) is 4.09. The lowest BCUT2D eigenvalue weighted by molar-refractivity contribution is 0.0996. The molecule has 2 saturated carbocycles. The molecule has 0 radical (unpaired) electrons. The molecule has 0 bridgehead atoms. The number of nitrogens with zero attached hydrogens (tertiary/aromatic N) is 3. The van der Waals surface area contributed by atoms with Crippen molar-refractivity contribution < 1.29 is 18.8 Å². The third-order valence-corrected chi connectivity index (χ3v) is 6.76. The molecule has 2 aliphatic carbocycles. The molecule has 0 aliphatic heterocycles. The van der Waals surface area contributed by atoms with Crippen LogP contribution in [0.15, 0.2) is 16.7 Å². The van der Waals surface area contributed by atoms with Crippen LogP contribution in [0.4, 0.5) is 4.79 Å². The first-order valence-electron chi connectivity index (χ1n) is 12.0. The zero-order chi connectivity index (χ0) is 22.5. The molecule has 7 nitrogen and oxygen atoms in total. The number of amides is 1. The van der Waals surface area contributed by atoms with Gasteiger partial charge in [-0.2, -0.15) is 0 Å². The first kappa shape index (κ1) is 22.6. The van der Waals surface area contributed by atoms with E-state index in [1.165, 1.54) is 44.9 Å². The minimum atomic E-state index is -0.316. The van der Waals surface area contributed by atoms with Gasteiger partial charge in [-0.3, -0.25) is 0 Å². The van der Waals surface area contributed by atoms with E-state index < -0.39 is 0 Å². The van der Waals surface area contributed by atoms with Crippen molar-refractivity contribution in [3.63, 3.8) is 0 Å². The fourth-order valence-electron chi connectivity index (χ4n) is 4.82. The van der Waals surface area contributed by atoms with Gasteiger partial charge in [0.1, 0.15) is 18.1 Å². The number of pyridine rings is 1. The summed E-state index contributed by atoms with van der Waals surface area (Å²) in [5.41, 5.74) is 2.94. The molecule has 2 aromatic heterocycles. The summed E-state index contributed by atoms with van der Waals surface area (Å²) in [4.78, 5) is 18.9. The Balaban J connectivity index is 1.40. The highest BCUT2D eigenvalue weighted by Gasteiger charge is 2.23. The maximum atomic E-state index is 12.5. The summed E-state index contributed by atoms with van der Waals surface area (Å²) in [6, 6.07) is 3.85. The topological polar surface area (TPSA) is 77.7 Å². The van der Waals surface area contributed by atoms with Crippen LogP contribution in [-0.4, -0.2) is 40.8 Å². The highest BCUT2D eigenvalue weighted by molar-refractivity contribution is 5.68. The van der Waals surface area contributed by atoms with Gasteiger partial charge in [0.15, 0.2) is 5.76 Å². The highest BCUT2D eigenvalue weighted by Crippen LogP contribution is 2.30. The monoisotopic (exact) mass is 441 g/mol. The van der Waals surface area contributed by atoms with Crippen LogP contribution in [0.2, 0.25) is 0 Å². The smallest absolute Gasteiger partial charge is 0.409 e. The summed E-state index contributed by atoms with van der Waals surface area (Å²) < 4.78 is 17.3. The van der Waals surface area contributed by atoms with Gasteiger partial charge in [0.25, 0.3) is 0 Å². The summed E-state index contributed by atoms with van der Waals surface area (Å²) in [6.45, 7) is 4.66.